The van der Waals surface area contributed by atoms with Crippen LogP contribution in [0, 0.1) is 5.82 Å². The Balaban J connectivity index is 1.56. The van der Waals surface area contributed by atoms with Gasteiger partial charge in [-0.15, -0.1) is 0 Å². The maximum atomic E-state index is 13.1. The number of para-hydroxylation sites is 1. The van der Waals surface area contributed by atoms with E-state index in [1.54, 1.807) is 24.3 Å². The van der Waals surface area contributed by atoms with Gasteiger partial charge in [0.25, 0.3) is 0 Å². The Morgan fingerprint density at radius 1 is 1.13 bits per heavy atom. The van der Waals surface area contributed by atoms with Gasteiger partial charge in [-0.2, -0.15) is 4.31 Å². The number of halogens is 1. The predicted molar refractivity (Wildman–Crippen MR) is 108 cm³/mol. The van der Waals surface area contributed by atoms with Crippen molar-refractivity contribution in [3.63, 3.8) is 0 Å². The van der Waals surface area contributed by atoms with E-state index in [2.05, 4.69) is 10.6 Å². The lowest BCUT2D eigenvalue weighted by Gasteiger charge is -2.22. The van der Waals surface area contributed by atoms with Gasteiger partial charge in [-0.1, -0.05) is 18.2 Å². The van der Waals surface area contributed by atoms with Crippen molar-refractivity contribution in [2.24, 2.45) is 0 Å². The van der Waals surface area contributed by atoms with E-state index in [1.165, 1.54) is 7.11 Å². The highest BCUT2D eigenvalue weighted by atomic mass is 32.2. The van der Waals surface area contributed by atoms with E-state index < -0.39 is 33.9 Å². The zero-order valence-electron chi connectivity index (χ0n) is 16.7. The Bertz CT molecular complexity index is 1050. The molecule has 2 aromatic carbocycles. The largest absolute Gasteiger partial charge is 0.496 e. The normalized spacial score (nSPS) is 16.6. The molecule has 1 heterocycles. The first kappa shape index (κ1) is 22.7. The molecule has 2 N–H and O–H groups in total. The first-order valence-corrected chi connectivity index (χ1v) is 10.8. The first-order chi connectivity index (χ1) is 14.8. The monoisotopic (exact) mass is 451 g/mol. The SMILES string of the molecule is COc1ccccc1CNC(=O)C(=O)NC[C@H]1OCCN1S(=O)(=O)c1ccc(F)cc1. The van der Waals surface area contributed by atoms with Crippen molar-refractivity contribution in [2.75, 3.05) is 26.8 Å². The van der Waals surface area contributed by atoms with Crippen molar-refractivity contribution in [2.45, 2.75) is 17.7 Å². The van der Waals surface area contributed by atoms with E-state index in [4.69, 9.17) is 9.47 Å². The molecule has 31 heavy (non-hydrogen) atoms. The highest BCUT2D eigenvalue weighted by Gasteiger charge is 2.36. The summed E-state index contributed by atoms with van der Waals surface area (Å²) in [5, 5.41) is 4.86. The molecule has 0 radical (unpaired) electrons. The molecule has 0 bridgehead atoms. The molecule has 1 aliphatic rings. The number of rotatable bonds is 7. The third-order valence-corrected chi connectivity index (χ3v) is 6.54. The number of hydrogen-bond donors (Lipinski definition) is 2. The van der Waals surface area contributed by atoms with E-state index in [-0.39, 0.29) is 31.1 Å². The number of carbonyl (C=O) groups excluding carboxylic acids is 2. The minimum absolute atomic E-state index is 0.0697. The fourth-order valence-electron chi connectivity index (χ4n) is 3.05. The van der Waals surface area contributed by atoms with E-state index in [0.717, 1.165) is 28.6 Å². The van der Waals surface area contributed by atoms with Gasteiger partial charge in [-0.3, -0.25) is 9.59 Å². The summed E-state index contributed by atoms with van der Waals surface area (Å²) in [4.78, 5) is 24.1. The van der Waals surface area contributed by atoms with Crippen LogP contribution in [-0.4, -0.2) is 57.6 Å². The average molecular weight is 451 g/mol. The Morgan fingerprint density at radius 2 is 1.81 bits per heavy atom. The first-order valence-electron chi connectivity index (χ1n) is 9.40. The molecule has 0 spiro atoms. The van der Waals surface area contributed by atoms with Gasteiger partial charge in [0.05, 0.1) is 25.2 Å². The average Bonchev–Trinajstić information content (AvgIpc) is 3.26. The molecule has 2 aromatic rings. The third kappa shape index (κ3) is 5.37. The molecule has 0 aromatic heterocycles. The maximum absolute atomic E-state index is 13.1. The third-order valence-electron chi connectivity index (χ3n) is 4.64. The lowest BCUT2D eigenvalue weighted by Crippen LogP contribution is -2.47. The van der Waals surface area contributed by atoms with Crippen LogP contribution in [0.3, 0.4) is 0 Å². The lowest BCUT2D eigenvalue weighted by molar-refractivity contribution is -0.139. The summed E-state index contributed by atoms with van der Waals surface area (Å²) in [5.74, 6) is -1.79. The second-order valence-corrected chi connectivity index (χ2v) is 8.49. The van der Waals surface area contributed by atoms with Crippen LogP contribution in [-0.2, 0) is 30.9 Å². The molecule has 1 aliphatic heterocycles. The zero-order chi connectivity index (χ0) is 22.4. The number of ether oxygens (including phenoxy) is 2. The molecule has 0 unspecified atom stereocenters. The van der Waals surface area contributed by atoms with Gasteiger partial charge in [-0.05, 0) is 30.3 Å². The number of nitrogens with zero attached hydrogens (tertiary/aromatic N) is 1. The summed E-state index contributed by atoms with van der Waals surface area (Å²) < 4.78 is 50.3. The number of carbonyl (C=O) groups is 2. The Labute approximate surface area is 179 Å². The summed E-state index contributed by atoms with van der Waals surface area (Å²) in [6.07, 6.45) is -0.985. The van der Waals surface area contributed by atoms with E-state index in [1.807, 2.05) is 0 Å². The summed E-state index contributed by atoms with van der Waals surface area (Å²) in [6.45, 7) is 0.0593. The molecule has 3 rings (SSSR count). The van der Waals surface area contributed by atoms with Gasteiger partial charge >= 0.3 is 11.8 Å². The Morgan fingerprint density at radius 3 is 2.52 bits per heavy atom. The van der Waals surface area contributed by atoms with Crippen LogP contribution < -0.4 is 15.4 Å². The minimum Gasteiger partial charge on any atom is -0.496 e. The fraction of sp³-hybridized carbons (Fsp3) is 0.300. The van der Waals surface area contributed by atoms with Gasteiger partial charge in [0.1, 0.15) is 17.8 Å². The highest BCUT2D eigenvalue weighted by molar-refractivity contribution is 7.89. The molecule has 1 atom stereocenters. The van der Waals surface area contributed by atoms with Crippen LogP contribution in [0.25, 0.3) is 0 Å². The number of amides is 2. The van der Waals surface area contributed by atoms with Crippen molar-refractivity contribution in [3.05, 3.63) is 59.9 Å². The summed E-state index contributed by atoms with van der Waals surface area (Å²) >= 11 is 0. The molecule has 166 valence electrons. The Kier molecular flexibility index (Phi) is 7.21. The van der Waals surface area contributed by atoms with Crippen LogP contribution in [0.5, 0.6) is 5.75 Å². The van der Waals surface area contributed by atoms with Crippen molar-refractivity contribution in [1.29, 1.82) is 0 Å². The number of nitrogens with one attached hydrogen (secondary N) is 2. The minimum atomic E-state index is -3.95. The second kappa shape index (κ2) is 9.86. The molecule has 0 saturated carbocycles. The van der Waals surface area contributed by atoms with Gasteiger partial charge in [-0.25, -0.2) is 12.8 Å². The van der Waals surface area contributed by atoms with Crippen LogP contribution >= 0.6 is 0 Å². The molecule has 2 amide bonds. The molecule has 1 fully saturated rings. The van der Waals surface area contributed by atoms with E-state index in [0.29, 0.717) is 11.3 Å². The van der Waals surface area contributed by atoms with Crippen molar-refractivity contribution in [3.8, 4) is 5.75 Å². The van der Waals surface area contributed by atoms with Gasteiger partial charge in [0, 0.05) is 18.7 Å². The molecule has 0 aliphatic carbocycles. The Hall–Kier alpha value is -3.02. The maximum Gasteiger partial charge on any atom is 0.309 e. The van der Waals surface area contributed by atoms with Crippen LogP contribution in [0.4, 0.5) is 4.39 Å². The van der Waals surface area contributed by atoms with E-state index >= 15 is 0 Å². The molecule has 11 heteroatoms. The second-order valence-electron chi connectivity index (χ2n) is 6.60. The van der Waals surface area contributed by atoms with E-state index in [9.17, 15) is 22.4 Å². The molecular weight excluding hydrogens is 429 g/mol. The van der Waals surface area contributed by atoms with Crippen molar-refractivity contribution in [1.82, 2.24) is 14.9 Å². The fourth-order valence-corrected chi connectivity index (χ4v) is 4.56. The quantitative estimate of drug-likeness (QED) is 0.597. The van der Waals surface area contributed by atoms with Crippen molar-refractivity contribution < 1.29 is 31.9 Å². The number of sulfonamides is 1. The zero-order valence-corrected chi connectivity index (χ0v) is 17.5. The highest BCUT2D eigenvalue weighted by Crippen LogP contribution is 2.22. The summed E-state index contributed by atoms with van der Waals surface area (Å²) in [5.41, 5.74) is 0.696. The van der Waals surface area contributed by atoms with Gasteiger partial charge in [0.2, 0.25) is 10.0 Å². The standard InChI is InChI=1S/C20H22FN3O6S/c1-29-17-5-3-2-4-14(17)12-22-19(25)20(26)23-13-18-24(10-11-30-18)31(27,28)16-8-6-15(21)7-9-16/h2-9,18H,10-13H2,1H3,(H,22,25)(H,23,26)/t18-/m1/s1. The molecule has 1 saturated heterocycles. The van der Waals surface area contributed by atoms with Crippen LogP contribution in [0.15, 0.2) is 53.4 Å². The lowest BCUT2D eigenvalue weighted by atomic mass is 10.2. The van der Waals surface area contributed by atoms with Crippen molar-refractivity contribution >= 4 is 21.8 Å². The van der Waals surface area contributed by atoms with Gasteiger partial charge < -0.3 is 20.1 Å². The van der Waals surface area contributed by atoms with Crippen LogP contribution in [0.1, 0.15) is 5.56 Å². The number of benzene rings is 2. The van der Waals surface area contributed by atoms with Crippen LogP contribution in [0.2, 0.25) is 0 Å². The number of methoxy groups -OCH3 is 1. The predicted octanol–water partition coefficient (Wildman–Crippen LogP) is 0.614. The number of hydrogen-bond acceptors (Lipinski definition) is 6. The smallest absolute Gasteiger partial charge is 0.309 e. The summed E-state index contributed by atoms with van der Waals surface area (Å²) in [6, 6.07) is 11.5. The molecular formula is C20H22FN3O6S. The summed E-state index contributed by atoms with van der Waals surface area (Å²) in [7, 11) is -2.45. The topological polar surface area (TPSA) is 114 Å². The van der Waals surface area contributed by atoms with Gasteiger partial charge in [0.15, 0.2) is 0 Å². The molecule has 9 nitrogen and oxygen atoms in total.